The third-order valence-electron chi connectivity index (χ3n) is 4.36. The molecule has 3 N–H and O–H groups in total. The minimum Gasteiger partial charge on any atom is -0.399 e. The minimum atomic E-state index is 0.483. The van der Waals surface area contributed by atoms with E-state index in [0.29, 0.717) is 5.41 Å². The van der Waals surface area contributed by atoms with E-state index in [4.69, 9.17) is 5.73 Å². The molecule has 3 rings (SSSR count). The predicted molar refractivity (Wildman–Crippen MR) is 83.4 cm³/mol. The van der Waals surface area contributed by atoms with Gasteiger partial charge in [0, 0.05) is 5.69 Å². The number of nitrogen functional groups attached to an aromatic ring is 1. The third kappa shape index (κ3) is 2.96. The molecule has 0 unspecified atom stereocenters. The van der Waals surface area contributed by atoms with Crippen molar-refractivity contribution in [2.45, 2.75) is 39.7 Å². The number of nitrogens with zero attached hydrogens (tertiary/aromatic N) is 2. The molecule has 0 amide bonds. The zero-order chi connectivity index (χ0) is 14.2. The zero-order valence-corrected chi connectivity index (χ0v) is 12.4. The summed E-state index contributed by atoms with van der Waals surface area (Å²) >= 11 is 0. The first-order chi connectivity index (χ1) is 9.52. The van der Waals surface area contributed by atoms with Gasteiger partial charge in [0.25, 0.3) is 0 Å². The van der Waals surface area contributed by atoms with Crippen LogP contribution in [0.2, 0.25) is 0 Å². The van der Waals surface area contributed by atoms with Crippen LogP contribution in [0, 0.1) is 5.41 Å². The average Bonchev–Trinajstić information content (AvgIpc) is 2.68. The van der Waals surface area contributed by atoms with E-state index in [0.717, 1.165) is 35.6 Å². The van der Waals surface area contributed by atoms with E-state index < -0.39 is 0 Å². The van der Waals surface area contributed by atoms with Crippen LogP contribution in [-0.2, 0) is 6.54 Å². The van der Waals surface area contributed by atoms with E-state index in [1.54, 1.807) is 0 Å². The molecule has 0 saturated carbocycles. The Morgan fingerprint density at radius 3 is 3.00 bits per heavy atom. The van der Waals surface area contributed by atoms with Gasteiger partial charge in [0.05, 0.1) is 17.6 Å². The van der Waals surface area contributed by atoms with Crippen molar-refractivity contribution in [1.82, 2.24) is 14.9 Å². The number of nitrogens with two attached hydrogens (primary N) is 1. The van der Waals surface area contributed by atoms with Crippen molar-refractivity contribution >= 4 is 16.7 Å². The molecule has 108 valence electrons. The summed E-state index contributed by atoms with van der Waals surface area (Å²) < 4.78 is 0. The summed E-state index contributed by atoms with van der Waals surface area (Å²) in [5.74, 6) is 1.05. The van der Waals surface area contributed by atoms with E-state index in [-0.39, 0.29) is 0 Å². The van der Waals surface area contributed by atoms with Gasteiger partial charge in [-0.2, -0.15) is 0 Å². The van der Waals surface area contributed by atoms with Crippen LogP contribution in [0.3, 0.4) is 0 Å². The van der Waals surface area contributed by atoms with Crippen LogP contribution in [0.4, 0.5) is 5.69 Å². The highest BCUT2D eigenvalue weighted by Crippen LogP contribution is 2.30. The van der Waals surface area contributed by atoms with Crippen molar-refractivity contribution in [3.8, 4) is 0 Å². The van der Waals surface area contributed by atoms with Crippen LogP contribution in [0.25, 0.3) is 11.0 Å². The fourth-order valence-electron chi connectivity index (χ4n) is 3.00. The van der Waals surface area contributed by atoms with Gasteiger partial charge in [-0.3, -0.25) is 4.90 Å². The summed E-state index contributed by atoms with van der Waals surface area (Å²) in [4.78, 5) is 10.6. The lowest BCUT2D eigenvalue weighted by Crippen LogP contribution is -2.25. The Hall–Kier alpha value is -1.55. The van der Waals surface area contributed by atoms with Crippen LogP contribution < -0.4 is 5.73 Å². The van der Waals surface area contributed by atoms with E-state index in [1.807, 2.05) is 18.2 Å². The second kappa shape index (κ2) is 5.09. The van der Waals surface area contributed by atoms with Gasteiger partial charge in [-0.15, -0.1) is 0 Å². The molecular weight excluding hydrogens is 248 g/mol. The number of H-pyrrole nitrogens is 1. The van der Waals surface area contributed by atoms with Crippen molar-refractivity contribution < 1.29 is 0 Å². The highest BCUT2D eigenvalue weighted by atomic mass is 15.1. The Morgan fingerprint density at radius 2 is 2.15 bits per heavy atom. The van der Waals surface area contributed by atoms with Crippen LogP contribution in [0.5, 0.6) is 0 Å². The van der Waals surface area contributed by atoms with Crippen LogP contribution >= 0.6 is 0 Å². The smallest absolute Gasteiger partial charge is 0.121 e. The van der Waals surface area contributed by atoms with Gasteiger partial charge in [0.15, 0.2) is 0 Å². The molecule has 1 saturated heterocycles. The number of likely N-dealkylation sites (tertiary alicyclic amines) is 1. The molecule has 0 radical (unpaired) electrons. The Morgan fingerprint density at radius 1 is 1.30 bits per heavy atom. The molecule has 4 heteroatoms. The van der Waals surface area contributed by atoms with Crippen molar-refractivity contribution in [3.05, 3.63) is 24.0 Å². The van der Waals surface area contributed by atoms with Gasteiger partial charge in [0.2, 0.25) is 0 Å². The van der Waals surface area contributed by atoms with Gasteiger partial charge in [-0.25, -0.2) is 4.98 Å². The second-order valence-electron chi connectivity index (χ2n) is 6.75. The summed E-state index contributed by atoms with van der Waals surface area (Å²) in [7, 11) is 0. The van der Waals surface area contributed by atoms with Gasteiger partial charge in [-0.05, 0) is 56.0 Å². The fourth-order valence-corrected chi connectivity index (χ4v) is 3.00. The summed E-state index contributed by atoms with van der Waals surface area (Å²) in [5, 5.41) is 0. The Bertz CT molecular complexity index is 600. The normalized spacial score (nSPS) is 20.1. The molecule has 2 heterocycles. The van der Waals surface area contributed by atoms with E-state index >= 15 is 0 Å². The number of aromatic amines is 1. The first kappa shape index (κ1) is 13.4. The molecule has 1 aromatic heterocycles. The summed E-state index contributed by atoms with van der Waals surface area (Å²) in [5.41, 5.74) is 9.12. The average molecular weight is 272 g/mol. The molecule has 1 aliphatic rings. The highest BCUT2D eigenvalue weighted by molar-refractivity contribution is 5.78. The summed E-state index contributed by atoms with van der Waals surface area (Å²) in [6.45, 7) is 7.99. The number of aromatic nitrogens is 2. The number of anilines is 1. The molecule has 2 aromatic rings. The lowest BCUT2D eigenvalue weighted by atomic mass is 9.85. The number of hydrogen-bond donors (Lipinski definition) is 2. The van der Waals surface area contributed by atoms with E-state index in [9.17, 15) is 0 Å². The van der Waals surface area contributed by atoms with Crippen LogP contribution in [0.1, 0.15) is 38.9 Å². The Balaban J connectivity index is 1.72. The molecule has 0 aliphatic carbocycles. The molecule has 0 bridgehead atoms. The van der Waals surface area contributed by atoms with Gasteiger partial charge in [-0.1, -0.05) is 13.8 Å². The Labute approximate surface area is 120 Å². The molecule has 0 atom stereocenters. The minimum absolute atomic E-state index is 0.483. The maximum atomic E-state index is 5.81. The summed E-state index contributed by atoms with van der Waals surface area (Å²) in [6.07, 6.45) is 3.86. The van der Waals surface area contributed by atoms with E-state index in [1.165, 1.54) is 25.8 Å². The zero-order valence-electron chi connectivity index (χ0n) is 12.4. The van der Waals surface area contributed by atoms with Gasteiger partial charge in [0.1, 0.15) is 5.82 Å². The molecule has 1 aliphatic heterocycles. The lowest BCUT2D eigenvalue weighted by molar-refractivity contribution is 0.251. The standard InChI is InChI=1S/C16H24N4/c1-16(2)6-3-8-20(9-7-16)11-15-18-13-5-4-12(17)10-14(13)19-15/h4-5,10H,3,6-9,11,17H2,1-2H3,(H,18,19). The largest absolute Gasteiger partial charge is 0.399 e. The van der Waals surface area contributed by atoms with Gasteiger partial charge >= 0.3 is 0 Å². The van der Waals surface area contributed by atoms with Crippen molar-refractivity contribution in [2.75, 3.05) is 18.8 Å². The SMILES string of the molecule is CC1(C)CCCN(Cc2nc3ccc(N)cc3[nH]2)CC1. The number of nitrogens with one attached hydrogen (secondary N) is 1. The van der Waals surface area contributed by atoms with Crippen molar-refractivity contribution in [2.24, 2.45) is 5.41 Å². The first-order valence-electron chi connectivity index (χ1n) is 7.48. The number of hydrogen-bond acceptors (Lipinski definition) is 3. The highest BCUT2D eigenvalue weighted by Gasteiger charge is 2.23. The molecule has 1 aromatic carbocycles. The molecular formula is C16H24N4. The monoisotopic (exact) mass is 272 g/mol. The fraction of sp³-hybridized carbons (Fsp3) is 0.562. The molecule has 20 heavy (non-hydrogen) atoms. The number of rotatable bonds is 2. The number of fused-ring (bicyclic) bond motifs is 1. The molecule has 0 spiro atoms. The lowest BCUT2D eigenvalue weighted by Gasteiger charge is -2.22. The maximum absolute atomic E-state index is 5.81. The third-order valence-corrected chi connectivity index (χ3v) is 4.36. The molecule has 1 fully saturated rings. The van der Waals surface area contributed by atoms with Crippen LogP contribution in [0.15, 0.2) is 18.2 Å². The first-order valence-corrected chi connectivity index (χ1v) is 7.48. The maximum Gasteiger partial charge on any atom is 0.121 e. The quantitative estimate of drug-likeness (QED) is 0.826. The topological polar surface area (TPSA) is 57.9 Å². The van der Waals surface area contributed by atoms with E-state index in [2.05, 4.69) is 28.7 Å². The number of imidazole rings is 1. The summed E-state index contributed by atoms with van der Waals surface area (Å²) in [6, 6.07) is 5.84. The van der Waals surface area contributed by atoms with Crippen LogP contribution in [-0.4, -0.2) is 28.0 Å². The van der Waals surface area contributed by atoms with Crippen molar-refractivity contribution in [1.29, 1.82) is 0 Å². The molecule has 4 nitrogen and oxygen atoms in total. The Kier molecular flexibility index (Phi) is 3.42. The second-order valence-corrected chi connectivity index (χ2v) is 6.75. The number of benzene rings is 1. The van der Waals surface area contributed by atoms with Crippen molar-refractivity contribution in [3.63, 3.8) is 0 Å². The van der Waals surface area contributed by atoms with Gasteiger partial charge < -0.3 is 10.7 Å². The predicted octanol–water partition coefficient (Wildman–Crippen LogP) is 3.16.